The molecule has 0 aromatic heterocycles. The fourth-order valence-electron chi connectivity index (χ4n) is 3.11. The summed E-state index contributed by atoms with van der Waals surface area (Å²) in [6.07, 6.45) is 1.01. The van der Waals surface area contributed by atoms with Gasteiger partial charge in [-0.2, -0.15) is 0 Å². The molecule has 0 saturated carbocycles. The van der Waals surface area contributed by atoms with Crippen LogP contribution in [-0.2, 0) is 4.74 Å². The van der Waals surface area contributed by atoms with E-state index < -0.39 is 0 Å². The molecule has 2 saturated heterocycles. The Morgan fingerprint density at radius 3 is 2.67 bits per heavy atom. The van der Waals surface area contributed by atoms with Gasteiger partial charge in [0.15, 0.2) is 0 Å². The normalized spacial score (nSPS) is 23.4. The van der Waals surface area contributed by atoms with Gasteiger partial charge in [-0.05, 0) is 24.6 Å². The van der Waals surface area contributed by atoms with Crippen LogP contribution in [0, 0.1) is 0 Å². The van der Waals surface area contributed by atoms with Crippen LogP contribution in [-0.4, -0.2) is 61.1 Å². The van der Waals surface area contributed by atoms with E-state index in [1.807, 2.05) is 4.90 Å². The first-order valence-corrected chi connectivity index (χ1v) is 7.41. The van der Waals surface area contributed by atoms with E-state index in [-0.39, 0.29) is 5.91 Å². The van der Waals surface area contributed by atoms with Crippen LogP contribution < -0.4 is 11.5 Å². The molecule has 6 nitrogen and oxygen atoms in total. The molecule has 1 aromatic rings. The van der Waals surface area contributed by atoms with E-state index >= 15 is 0 Å². The van der Waals surface area contributed by atoms with Crippen LogP contribution in [0.1, 0.15) is 16.8 Å². The molecule has 1 unspecified atom stereocenters. The molecule has 1 atom stereocenters. The highest BCUT2D eigenvalue weighted by atomic mass is 16.5. The number of nitrogens with zero attached hydrogens (tertiary/aromatic N) is 2. The van der Waals surface area contributed by atoms with Gasteiger partial charge in [-0.1, -0.05) is 0 Å². The summed E-state index contributed by atoms with van der Waals surface area (Å²) in [7, 11) is 0. The van der Waals surface area contributed by atoms with Gasteiger partial charge >= 0.3 is 0 Å². The van der Waals surface area contributed by atoms with Crippen molar-refractivity contribution in [2.75, 3.05) is 50.9 Å². The van der Waals surface area contributed by atoms with Crippen LogP contribution in [0.5, 0.6) is 0 Å². The smallest absolute Gasteiger partial charge is 0.256 e. The van der Waals surface area contributed by atoms with E-state index in [0.717, 1.165) is 45.8 Å². The first-order valence-electron chi connectivity index (χ1n) is 7.41. The number of likely N-dealkylation sites (tertiary alicyclic amines) is 1. The monoisotopic (exact) mass is 290 g/mol. The number of hydrogen-bond donors (Lipinski definition) is 2. The van der Waals surface area contributed by atoms with Crippen molar-refractivity contribution in [2.24, 2.45) is 0 Å². The molecule has 2 aliphatic rings. The Hall–Kier alpha value is -1.79. The molecule has 0 aliphatic carbocycles. The van der Waals surface area contributed by atoms with Crippen molar-refractivity contribution in [3.05, 3.63) is 23.8 Å². The lowest BCUT2D eigenvalue weighted by Gasteiger charge is -2.32. The minimum Gasteiger partial charge on any atom is -0.399 e. The van der Waals surface area contributed by atoms with Crippen molar-refractivity contribution in [1.82, 2.24) is 9.80 Å². The van der Waals surface area contributed by atoms with Gasteiger partial charge in [-0.25, -0.2) is 0 Å². The summed E-state index contributed by atoms with van der Waals surface area (Å²) in [5.74, 6) is 0.00302. The Bertz CT molecular complexity index is 528. The van der Waals surface area contributed by atoms with Crippen molar-refractivity contribution < 1.29 is 9.53 Å². The maximum absolute atomic E-state index is 12.6. The lowest BCUT2D eigenvalue weighted by Crippen LogP contribution is -2.45. The fraction of sp³-hybridized carbons (Fsp3) is 0.533. The van der Waals surface area contributed by atoms with Gasteiger partial charge in [-0.3, -0.25) is 9.69 Å². The number of nitrogens with two attached hydrogens (primary N) is 2. The zero-order valence-corrected chi connectivity index (χ0v) is 12.1. The largest absolute Gasteiger partial charge is 0.399 e. The minimum absolute atomic E-state index is 0.00302. The molecule has 21 heavy (non-hydrogen) atoms. The lowest BCUT2D eigenvalue weighted by molar-refractivity contribution is 0.0185. The molecule has 1 amide bonds. The van der Waals surface area contributed by atoms with Crippen LogP contribution in [0.15, 0.2) is 18.2 Å². The molecule has 0 radical (unpaired) electrons. The SMILES string of the molecule is Nc1ccc(C(=O)N2CCC(N3CCOCC3)C2)c(N)c1. The Balaban J connectivity index is 1.66. The Kier molecular flexibility index (Phi) is 3.98. The zero-order chi connectivity index (χ0) is 14.8. The Morgan fingerprint density at radius 1 is 1.19 bits per heavy atom. The van der Waals surface area contributed by atoms with E-state index in [9.17, 15) is 4.79 Å². The molecule has 0 bridgehead atoms. The summed E-state index contributed by atoms with van der Waals surface area (Å²) >= 11 is 0. The van der Waals surface area contributed by atoms with Crippen molar-refractivity contribution in [1.29, 1.82) is 0 Å². The predicted octanol–water partition coefficient (Wildman–Crippen LogP) is 0.398. The van der Waals surface area contributed by atoms with E-state index in [4.69, 9.17) is 16.2 Å². The number of amides is 1. The second kappa shape index (κ2) is 5.91. The predicted molar refractivity (Wildman–Crippen MR) is 82.0 cm³/mol. The van der Waals surface area contributed by atoms with Gasteiger partial charge < -0.3 is 21.1 Å². The Morgan fingerprint density at radius 2 is 1.95 bits per heavy atom. The van der Waals surface area contributed by atoms with E-state index in [2.05, 4.69) is 4.90 Å². The highest BCUT2D eigenvalue weighted by molar-refractivity contribution is 5.99. The molecular formula is C15H22N4O2. The first-order chi connectivity index (χ1) is 10.1. The second-order valence-corrected chi connectivity index (χ2v) is 5.69. The molecule has 0 spiro atoms. The molecule has 3 rings (SSSR count). The highest BCUT2D eigenvalue weighted by Gasteiger charge is 2.32. The number of carbonyl (C=O) groups is 1. The minimum atomic E-state index is 0.00302. The molecule has 6 heteroatoms. The van der Waals surface area contributed by atoms with Crippen molar-refractivity contribution in [3.63, 3.8) is 0 Å². The maximum atomic E-state index is 12.6. The van der Waals surface area contributed by atoms with Gasteiger partial charge in [0.25, 0.3) is 5.91 Å². The summed E-state index contributed by atoms with van der Waals surface area (Å²) in [5.41, 5.74) is 13.2. The number of carbonyl (C=O) groups excluding carboxylic acids is 1. The third-order valence-corrected chi connectivity index (χ3v) is 4.32. The summed E-state index contributed by atoms with van der Waals surface area (Å²) in [6, 6.07) is 5.52. The van der Waals surface area contributed by atoms with Crippen LogP contribution >= 0.6 is 0 Å². The zero-order valence-electron chi connectivity index (χ0n) is 12.1. The average molecular weight is 290 g/mol. The fourth-order valence-corrected chi connectivity index (χ4v) is 3.11. The van der Waals surface area contributed by atoms with Crippen LogP contribution in [0.3, 0.4) is 0 Å². The number of anilines is 2. The Labute approximate surface area is 124 Å². The summed E-state index contributed by atoms with van der Waals surface area (Å²) in [6.45, 7) is 5.03. The van der Waals surface area contributed by atoms with E-state index in [1.54, 1.807) is 18.2 Å². The number of hydrogen-bond acceptors (Lipinski definition) is 5. The van der Waals surface area contributed by atoms with Crippen molar-refractivity contribution in [2.45, 2.75) is 12.5 Å². The number of ether oxygens (including phenoxy) is 1. The molecular weight excluding hydrogens is 268 g/mol. The quantitative estimate of drug-likeness (QED) is 0.770. The summed E-state index contributed by atoms with van der Waals surface area (Å²) in [4.78, 5) is 16.9. The molecule has 4 N–H and O–H groups in total. The lowest BCUT2D eigenvalue weighted by atomic mass is 10.1. The van der Waals surface area contributed by atoms with Crippen LogP contribution in [0.25, 0.3) is 0 Å². The molecule has 2 heterocycles. The topological polar surface area (TPSA) is 84.8 Å². The maximum Gasteiger partial charge on any atom is 0.256 e. The number of morpholine rings is 1. The molecule has 2 fully saturated rings. The molecule has 114 valence electrons. The van der Waals surface area contributed by atoms with Crippen molar-refractivity contribution >= 4 is 17.3 Å². The number of rotatable bonds is 2. The molecule has 1 aromatic carbocycles. The van der Waals surface area contributed by atoms with Crippen LogP contribution in [0.4, 0.5) is 11.4 Å². The highest BCUT2D eigenvalue weighted by Crippen LogP contribution is 2.22. The van der Waals surface area contributed by atoms with Gasteiger partial charge in [0.2, 0.25) is 0 Å². The van der Waals surface area contributed by atoms with Gasteiger partial charge in [0, 0.05) is 43.6 Å². The van der Waals surface area contributed by atoms with Crippen molar-refractivity contribution in [3.8, 4) is 0 Å². The standard InChI is InChI=1S/C15H22N4O2/c16-11-1-2-13(14(17)9-11)15(20)19-4-3-12(10-19)18-5-7-21-8-6-18/h1-2,9,12H,3-8,10,16-17H2. The average Bonchev–Trinajstić information content (AvgIpc) is 2.97. The van der Waals surface area contributed by atoms with E-state index in [1.165, 1.54) is 0 Å². The third kappa shape index (κ3) is 2.96. The third-order valence-electron chi connectivity index (χ3n) is 4.32. The number of nitrogen functional groups attached to an aromatic ring is 2. The summed E-state index contributed by atoms with van der Waals surface area (Å²) < 4.78 is 5.38. The van der Waals surface area contributed by atoms with Gasteiger partial charge in [0.1, 0.15) is 0 Å². The van der Waals surface area contributed by atoms with Crippen LogP contribution in [0.2, 0.25) is 0 Å². The van der Waals surface area contributed by atoms with Gasteiger partial charge in [0.05, 0.1) is 18.8 Å². The summed E-state index contributed by atoms with van der Waals surface area (Å²) in [5, 5.41) is 0. The first kappa shape index (κ1) is 14.2. The molecule has 2 aliphatic heterocycles. The second-order valence-electron chi connectivity index (χ2n) is 5.69. The van der Waals surface area contributed by atoms with Gasteiger partial charge in [-0.15, -0.1) is 0 Å². The van der Waals surface area contributed by atoms with E-state index in [0.29, 0.717) is 23.0 Å². The number of benzene rings is 1.